The standard InChI is InChI=1S/C36H25N3O/c1-2-10-23-21-24(18-17-22(23)9-1)34-27-12-3-6-14-29(27)37-36(38-34)39-30-15-7-4-13-28(30)33-31(39)20-19-26-25-11-5-8-16-32(25)40-35(26)33/h1,4-5,7-9,11-21H,2-3,6,10H2. The number of para-hydroxylation sites is 2. The maximum absolute atomic E-state index is 6.49. The molecule has 0 fully saturated rings. The van der Waals surface area contributed by atoms with Crippen molar-refractivity contribution in [3.63, 3.8) is 0 Å². The molecule has 0 aliphatic heterocycles. The second-order valence-corrected chi connectivity index (χ2v) is 10.8. The van der Waals surface area contributed by atoms with Crippen molar-refractivity contribution in [2.24, 2.45) is 0 Å². The number of rotatable bonds is 2. The fraction of sp³-hybridized carbons (Fsp3) is 0.111. The van der Waals surface area contributed by atoms with E-state index in [1.54, 1.807) is 0 Å². The van der Waals surface area contributed by atoms with Gasteiger partial charge < -0.3 is 4.42 Å². The molecule has 0 bridgehead atoms. The Morgan fingerprint density at radius 2 is 1.60 bits per heavy atom. The Hall–Kier alpha value is -4.96. The molecule has 7 aromatic rings. The third-order valence-corrected chi connectivity index (χ3v) is 8.49. The van der Waals surface area contributed by atoms with E-state index in [4.69, 9.17) is 14.4 Å². The van der Waals surface area contributed by atoms with Crippen LogP contribution in [-0.4, -0.2) is 14.5 Å². The molecule has 2 aliphatic carbocycles. The lowest BCUT2D eigenvalue weighted by Crippen LogP contribution is -2.34. The molecule has 0 N–H and O–H groups in total. The molecular formula is C36H25N3O. The zero-order chi connectivity index (χ0) is 26.2. The van der Waals surface area contributed by atoms with Crippen molar-refractivity contribution in [2.75, 3.05) is 0 Å². The van der Waals surface area contributed by atoms with Crippen LogP contribution in [0, 0.1) is 0 Å². The van der Waals surface area contributed by atoms with Gasteiger partial charge in [0.15, 0.2) is 0 Å². The topological polar surface area (TPSA) is 43.9 Å². The minimum atomic E-state index is 0.694. The second kappa shape index (κ2) is 8.27. The van der Waals surface area contributed by atoms with Crippen LogP contribution in [-0.2, 0) is 6.42 Å². The van der Waals surface area contributed by atoms with Gasteiger partial charge in [0, 0.05) is 26.9 Å². The molecule has 190 valence electrons. The average Bonchev–Trinajstić information content (AvgIpc) is 3.56. The molecule has 0 amide bonds. The summed E-state index contributed by atoms with van der Waals surface area (Å²) in [4.78, 5) is 10.5. The van der Waals surface area contributed by atoms with E-state index in [0.29, 0.717) is 5.95 Å². The van der Waals surface area contributed by atoms with Crippen LogP contribution in [0.1, 0.15) is 30.4 Å². The van der Waals surface area contributed by atoms with E-state index < -0.39 is 0 Å². The van der Waals surface area contributed by atoms with Gasteiger partial charge in [-0.1, -0.05) is 72.8 Å². The first-order chi connectivity index (χ1) is 19.8. The van der Waals surface area contributed by atoms with E-state index in [1.807, 2.05) is 12.1 Å². The molecule has 0 radical (unpaired) electrons. The monoisotopic (exact) mass is 515 g/mol. The average molecular weight is 516 g/mol. The zero-order valence-corrected chi connectivity index (χ0v) is 21.9. The van der Waals surface area contributed by atoms with Crippen molar-refractivity contribution in [1.82, 2.24) is 14.5 Å². The van der Waals surface area contributed by atoms with E-state index in [1.165, 1.54) is 11.1 Å². The first-order valence-corrected chi connectivity index (χ1v) is 14.1. The molecule has 0 saturated carbocycles. The maximum atomic E-state index is 6.49. The molecular weight excluding hydrogens is 490 g/mol. The highest BCUT2D eigenvalue weighted by Gasteiger charge is 2.21. The van der Waals surface area contributed by atoms with Crippen molar-refractivity contribution in [3.05, 3.63) is 107 Å². The number of benzene rings is 4. The molecule has 0 atom stereocenters. The van der Waals surface area contributed by atoms with E-state index in [0.717, 1.165) is 91.3 Å². The molecule has 2 aliphatic rings. The number of nitrogens with zero attached hydrogens (tertiary/aromatic N) is 3. The lowest BCUT2D eigenvalue weighted by atomic mass is 9.94. The van der Waals surface area contributed by atoms with Gasteiger partial charge in [0.05, 0.1) is 27.5 Å². The summed E-state index contributed by atoms with van der Waals surface area (Å²) in [5, 5.41) is 6.66. The predicted molar refractivity (Wildman–Crippen MR) is 164 cm³/mol. The van der Waals surface area contributed by atoms with Gasteiger partial charge in [0.2, 0.25) is 5.95 Å². The largest absolute Gasteiger partial charge is 0.455 e. The van der Waals surface area contributed by atoms with Gasteiger partial charge in [-0.05, 0) is 67.1 Å². The van der Waals surface area contributed by atoms with Crippen LogP contribution in [0.3, 0.4) is 0 Å². The SMILES string of the molecule is C1=Cc2ccc(-c3nc(-n4c5ccccc5c5c6oc7ccccc7c6ccc54)nc4c3=CCCC=4)cc2CC1. The molecule has 4 heteroatoms. The van der Waals surface area contributed by atoms with Crippen molar-refractivity contribution < 1.29 is 4.42 Å². The lowest BCUT2D eigenvalue weighted by molar-refractivity contribution is 0.673. The third kappa shape index (κ3) is 3.07. The summed E-state index contributed by atoms with van der Waals surface area (Å²) >= 11 is 0. The van der Waals surface area contributed by atoms with Gasteiger partial charge in [-0.15, -0.1) is 0 Å². The van der Waals surface area contributed by atoms with Gasteiger partial charge in [-0.2, -0.15) is 0 Å². The first-order valence-electron chi connectivity index (χ1n) is 14.1. The minimum absolute atomic E-state index is 0.694. The Kier molecular flexibility index (Phi) is 4.53. The Morgan fingerprint density at radius 3 is 2.58 bits per heavy atom. The number of aryl methyl sites for hydroxylation is 1. The van der Waals surface area contributed by atoms with Crippen LogP contribution in [0.15, 0.2) is 89.4 Å². The molecule has 4 aromatic carbocycles. The molecule has 0 unspecified atom stereocenters. The Bertz CT molecular complexity index is 2330. The summed E-state index contributed by atoms with van der Waals surface area (Å²) in [6.07, 6.45) is 13.2. The van der Waals surface area contributed by atoms with Gasteiger partial charge in [0.1, 0.15) is 11.2 Å². The Morgan fingerprint density at radius 1 is 0.725 bits per heavy atom. The van der Waals surface area contributed by atoms with Crippen molar-refractivity contribution in [2.45, 2.75) is 25.7 Å². The lowest BCUT2D eigenvalue weighted by Gasteiger charge is -2.15. The number of fused-ring (bicyclic) bond motifs is 9. The molecule has 3 aromatic heterocycles. The van der Waals surface area contributed by atoms with Crippen LogP contribution < -0.4 is 10.6 Å². The summed E-state index contributed by atoms with van der Waals surface area (Å²) in [5.74, 6) is 0.694. The summed E-state index contributed by atoms with van der Waals surface area (Å²) < 4.78 is 8.70. The second-order valence-electron chi connectivity index (χ2n) is 10.8. The van der Waals surface area contributed by atoms with E-state index in [9.17, 15) is 0 Å². The van der Waals surface area contributed by atoms with Gasteiger partial charge >= 0.3 is 0 Å². The fourth-order valence-corrected chi connectivity index (χ4v) is 6.63. The molecule has 0 saturated heterocycles. The first kappa shape index (κ1) is 21.9. The van der Waals surface area contributed by atoms with E-state index in [2.05, 4.69) is 95.6 Å². The summed E-state index contributed by atoms with van der Waals surface area (Å²) in [6.45, 7) is 0. The summed E-state index contributed by atoms with van der Waals surface area (Å²) in [7, 11) is 0. The van der Waals surface area contributed by atoms with E-state index in [-0.39, 0.29) is 0 Å². The quantitative estimate of drug-likeness (QED) is 0.240. The minimum Gasteiger partial charge on any atom is -0.455 e. The zero-order valence-electron chi connectivity index (χ0n) is 21.9. The van der Waals surface area contributed by atoms with E-state index >= 15 is 0 Å². The predicted octanol–water partition coefficient (Wildman–Crippen LogP) is 7.45. The Labute approximate surface area is 230 Å². The number of hydrogen-bond acceptors (Lipinski definition) is 3. The molecule has 40 heavy (non-hydrogen) atoms. The van der Waals surface area contributed by atoms with Crippen molar-refractivity contribution in [1.29, 1.82) is 0 Å². The fourth-order valence-electron chi connectivity index (χ4n) is 6.63. The normalized spacial score (nSPS) is 14.4. The van der Waals surface area contributed by atoms with Crippen LogP contribution in [0.25, 0.3) is 79.2 Å². The number of aromatic nitrogens is 3. The molecule has 0 spiro atoms. The van der Waals surface area contributed by atoms with Crippen LogP contribution in [0.2, 0.25) is 0 Å². The van der Waals surface area contributed by atoms with Crippen molar-refractivity contribution >= 4 is 62.0 Å². The summed E-state index contributed by atoms with van der Waals surface area (Å²) in [6, 6.07) is 27.9. The third-order valence-electron chi connectivity index (χ3n) is 8.49. The highest BCUT2D eigenvalue weighted by Crippen LogP contribution is 2.40. The van der Waals surface area contributed by atoms with Gasteiger partial charge in [0.25, 0.3) is 0 Å². The molecule has 9 rings (SSSR count). The smallest absolute Gasteiger partial charge is 0.235 e. The van der Waals surface area contributed by atoms with Crippen LogP contribution in [0.4, 0.5) is 0 Å². The Balaban J connectivity index is 1.38. The number of hydrogen-bond donors (Lipinski definition) is 0. The van der Waals surface area contributed by atoms with Gasteiger partial charge in [-0.25, -0.2) is 9.97 Å². The van der Waals surface area contributed by atoms with Gasteiger partial charge in [-0.3, -0.25) is 4.57 Å². The number of allylic oxidation sites excluding steroid dienone is 1. The van der Waals surface area contributed by atoms with Crippen LogP contribution >= 0.6 is 0 Å². The van der Waals surface area contributed by atoms with Crippen LogP contribution in [0.5, 0.6) is 0 Å². The molecule has 4 nitrogen and oxygen atoms in total. The summed E-state index contributed by atoms with van der Waals surface area (Å²) in [5.41, 5.74) is 8.80. The highest BCUT2D eigenvalue weighted by molar-refractivity contribution is 6.23. The van der Waals surface area contributed by atoms with Crippen molar-refractivity contribution in [3.8, 4) is 17.2 Å². The maximum Gasteiger partial charge on any atom is 0.235 e. The molecule has 3 heterocycles. The highest BCUT2D eigenvalue weighted by atomic mass is 16.3. The number of furan rings is 1.